The van der Waals surface area contributed by atoms with Crippen LogP contribution >= 0.6 is 0 Å². The van der Waals surface area contributed by atoms with E-state index in [1.165, 1.54) is 6.07 Å². The highest BCUT2D eigenvalue weighted by Gasteiger charge is 2.17. The molecule has 0 atom stereocenters. The van der Waals surface area contributed by atoms with Crippen molar-refractivity contribution in [1.82, 2.24) is 4.72 Å². The number of hydrogen-bond donors (Lipinski definition) is 2. The highest BCUT2D eigenvalue weighted by Crippen LogP contribution is 2.16. The number of nitrogens with one attached hydrogen (secondary N) is 1. The number of hydrogen-bond acceptors (Lipinski definition) is 3. The summed E-state index contributed by atoms with van der Waals surface area (Å²) in [4.78, 5) is -0.370. The lowest BCUT2D eigenvalue weighted by molar-refractivity contribution is 0.557. The van der Waals surface area contributed by atoms with Gasteiger partial charge in [0.2, 0.25) is 10.0 Å². The third-order valence-corrected chi connectivity index (χ3v) is 3.28. The minimum atomic E-state index is -3.75. The molecule has 0 saturated heterocycles. The number of nitrogen functional groups attached to an aromatic ring is 1. The zero-order valence-electron chi connectivity index (χ0n) is 8.33. The van der Waals surface area contributed by atoms with Crippen LogP contribution in [0.4, 0.5) is 10.1 Å². The first-order valence-corrected chi connectivity index (χ1v) is 6.00. The third-order valence-electron chi connectivity index (χ3n) is 1.79. The highest BCUT2D eigenvalue weighted by molar-refractivity contribution is 7.89. The van der Waals surface area contributed by atoms with Gasteiger partial charge in [0, 0.05) is 12.2 Å². The van der Waals surface area contributed by atoms with Crippen molar-refractivity contribution in [2.45, 2.75) is 18.2 Å². The van der Waals surface area contributed by atoms with Crippen molar-refractivity contribution in [3.8, 4) is 0 Å². The van der Waals surface area contributed by atoms with Gasteiger partial charge in [0.25, 0.3) is 0 Å². The summed E-state index contributed by atoms with van der Waals surface area (Å²) in [6, 6.07) is 3.49. The largest absolute Gasteiger partial charge is 0.399 e. The van der Waals surface area contributed by atoms with E-state index in [2.05, 4.69) is 4.72 Å². The maximum absolute atomic E-state index is 13.3. The molecule has 0 amide bonds. The topological polar surface area (TPSA) is 72.2 Å². The summed E-state index contributed by atoms with van der Waals surface area (Å²) in [5.41, 5.74) is 5.51. The molecule has 0 bridgehead atoms. The molecule has 1 rings (SSSR count). The van der Waals surface area contributed by atoms with E-state index >= 15 is 0 Å². The Labute approximate surface area is 88.3 Å². The van der Waals surface area contributed by atoms with Crippen LogP contribution in [0, 0.1) is 5.82 Å². The molecule has 1 aromatic carbocycles. The van der Waals surface area contributed by atoms with Crippen LogP contribution in [-0.2, 0) is 10.0 Å². The molecule has 0 heterocycles. The average Bonchev–Trinajstić information content (AvgIpc) is 2.14. The number of benzene rings is 1. The van der Waals surface area contributed by atoms with Crippen molar-refractivity contribution in [2.24, 2.45) is 0 Å². The summed E-state index contributed by atoms with van der Waals surface area (Å²) in [5, 5.41) is 0. The Morgan fingerprint density at radius 2 is 2.13 bits per heavy atom. The Hall–Kier alpha value is -1.14. The summed E-state index contributed by atoms with van der Waals surface area (Å²) in [6.07, 6.45) is 0.649. The standard InChI is InChI=1S/C9H13FN2O2S/c1-2-5-12-15(13,14)9-4-3-7(11)6-8(9)10/h3-4,6,12H,2,5,11H2,1H3. The zero-order valence-corrected chi connectivity index (χ0v) is 9.14. The average molecular weight is 232 g/mol. The minimum Gasteiger partial charge on any atom is -0.399 e. The number of anilines is 1. The van der Waals surface area contributed by atoms with Crippen LogP contribution in [0.2, 0.25) is 0 Å². The molecule has 0 aromatic heterocycles. The van der Waals surface area contributed by atoms with E-state index in [0.29, 0.717) is 6.42 Å². The molecule has 4 nitrogen and oxygen atoms in total. The van der Waals surface area contributed by atoms with E-state index < -0.39 is 15.8 Å². The quantitative estimate of drug-likeness (QED) is 0.763. The van der Waals surface area contributed by atoms with Gasteiger partial charge >= 0.3 is 0 Å². The molecule has 0 radical (unpaired) electrons. The van der Waals surface area contributed by atoms with E-state index in [9.17, 15) is 12.8 Å². The van der Waals surface area contributed by atoms with Crippen LogP contribution in [0.25, 0.3) is 0 Å². The molecule has 84 valence electrons. The summed E-state index contributed by atoms with van der Waals surface area (Å²) >= 11 is 0. The Kier molecular flexibility index (Phi) is 3.65. The van der Waals surface area contributed by atoms with Gasteiger partial charge in [0.1, 0.15) is 10.7 Å². The summed E-state index contributed by atoms with van der Waals surface area (Å²) in [7, 11) is -3.75. The van der Waals surface area contributed by atoms with Crippen molar-refractivity contribution in [3.05, 3.63) is 24.0 Å². The van der Waals surface area contributed by atoms with E-state index in [-0.39, 0.29) is 17.1 Å². The fourth-order valence-electron chi connectivity index (χ4n) is 1.05. The first kappa shape index (κ1) is 11.9. The van der Waals surface area contributed by atoms with Crippen LogP contribution in [0.3, 0.4) is 0 Å². The van der Waals surface area contributed by atoms with Crippen LogP contribution in [0.1, 0.15) is 13.3 Å². The second-order valence-corrected chi connectivity index (χ2v) is 4.82. The van der Waals surface area contributed by atoms with Gasteiger partial charge in [0.05, 0.1) is 0 Å². The predicted octanol–water partition coefficient (Wildman–Crippen LogP) is 1.10. The lowest BCUT2D eigenvalue weighted by Gasteiger charge is -2.06. The maximum atomic E-state index is 13.3. The summed E-state index contributed by atoms with van der Waals surface area (Å²) in [5.74, 6) is -0.835. The molecule has 0 saturated carbocycles. The first-order valence-electron chi connectivity index (χ1n) is 4.52. The molecule has 0 aliphatic carbocycles. The van der Waals surface area contributed by atoms with Crippen molar-refractivity contribution in [3.63, 3.8) is 0 Å². The lowest BCUT2D eigenvalue weighted by atomic mass is 10.3. The number of halogens is 1. The SMILES string of the molecule is CCCNS(=O)(=O)c1ccc(N)cc1F. The van der Waals surface area contributed by atoms with Crippen molar-refractivity contribution in [1.29, 1.82) is 0 Å². The summed E-state index contributed by atoms with van der Waals surface area (Å²) in [6.45, 7) is 2.11. The van der Waals surface area contributed by atoms with Gasteiger partial charge in [-0.1, -0.05) is 6.92 Å². The second-order valence-electron chi connectivity index (χ2n) is 3.09. The van der Waals surface area contributed by atoms with Crippen LogP contribution in [0.5, 0.6) is 0 Å². The van der Waals surface area contributed by atoms with Gasteiger partial charge in [-0.05, 0) is 24.6 Å². The molecule has 0 spiro atoms. The van der Waals surface area contributed by atoms with Gasteiger partial charge in [0.15, 0.2) is 0 Å². The second kappa shape index (κ2) is 4.59. The van der Waals surface area contributed by atoms with Crippen molar-refractivity contribution < 1.29 is 12.8 Å². The minimum absolute atomic E-state index is 0.196. The fourth-order valence-corrected chi connectivity index (χ4v) is 2.24. The zero-order chi connectivity index (χ0) is 11.5. The first-order chi connectivity index (χ1) is 6.97. The van der Waals surface area contributed by atoms with E-state index in [0.717, 1.165) is 12.1 Å². The molecule has 0 unspecified atom stereocenters. The monoisotopic (exact) mass is 232 g/mol. The number of nitrogens with two attached hydrogens (primary N) is 1. The van der Waals surface area contributed by atoms with Crippen molar-refractivity contribution in [2.75, 3.05) is 12.3 Å². The van der Waals surface area contributed by atoms with Gasteiger partial charge < -0.3 is 5.73 Å². The fraction of sp³-hybridized carbons (Fsp3) is 0.333. The van der Waals surface area contributed by atoms with Gasteiger partial charge in [-0.15, -0.1) is 0 Å². The number of rotatable bonds is 4. The Morgan fingerprint density at radius 1 is 1.47 bits per heavy atom. The molecule has 0 aliphatic rings. The molecule has 0 fully saturated rings. The third kappa shape index (κ3) is 2.90. The van der Waals surface area contributed by atoms with Crippen LogP contribution in [0.15, 0.2) is 23.1 Å². The normalized spacial score (nSPS) is 11.6. The Morgan fingerprint density at radius 3 is 2.67 bits per heavy atom. The molecule has 0 aliphatic heterocycles. The lowest BCUT2D eigenvalue weighted by Crippen LogP contribution is -2.25. The summed E-state index contributed by atoms with van der Waals surface area (Å²) < 4.78 is 38.6. The van der Waals surface area contributed by atoms with E-state index in [1.54, 1.807) is 0 Å². The van der Waals surface area contributed by atoms with Gasteiger partial charge in [-0.3, -0.25) is 0 Å². The van der Waals surface area contributed by atoms with Crippen LogP contribution < -0.4 is 10.5 Å². The Balaban J connectivity index is 3.05. The van der Waals surface area contributed by atoms with Gasteiger partial charge in [-0.25, -0.2) is 17.5 Å². The van der Waals surface area contributed by atoms with Crippen molar-refractivity contribution >= 4 is 15.7 Å². The Bertz CT molecular complexity index is 445. The predicted molar refractivity (Wildman–Crippen MR) is 56.3 cm³/mol. The molecule has 1 aromatic rings. The molecular weight excluding hydrogens is 219 g/mol. The maximum Gasteiger partial charge on any atom is 0.243 e. The smallest absolute Gasteiger partial charge is 0.243 e. The molecule has 15 heavy (non-hydrogen) atoms. The van der Waals surface area contributed by atoms with Gasteiger partial charge in [-0.2, -0.15) is 0 Å². The number of sulfonamides is 1. The van der Waals surface area contributed by atoms with E-state index in [1.807, 2.05) is 6.92 Å². The van der Waals surface area contributed by atoms with E-state index in [4.69, 9.17) is 5.73 Å². The molecule has 6 heteroatoms. The van der Waals surface area contributed by atoms with Crippen LogP contribution in [-0.4, -0.2) is 15.0 Å². The molecule has 3 N–H and O–H groups in total. The molecular formula is C9H13FN2O2S. The highest BCUT2D eigenvalue weighted by atomic mass is 32.2.